The summed E-state index contributed by atoms with van der Waals surface area (Å²) in [4.78, 5) is 21.5. The lowest BCUT2D eigenvalue weighted by molar-refractivity contribution is 0.0526. The van der Waals surface area contributed by atoms with Crippen molar-refractivity contribution in [3.63, 3.8) is 0 Å². The number of likely N-dealkylation sites (tertiary alicyclic amines) is 2. The lowest BCUT2D eigenvalue weighted by Crippen LogP contribution is -2.47. The SMILES string of the molecule is Cn1cccc1CN1CC[C@]2(CCCN(C(=O)c3cccnc3)C2)C1. The Morgan fingerprint density at radius 1 is 1.20 bits per heavy atom. The quantitative estimate of drug-likeness (QED) is 0.864. The number of nitrogens with zero attached hydrogens (tertiary/aromatic N) is 4. The van der Waals surface area contributed by atoms with Crippen molar-refractivity contribution in [1.29, 1.82) is 0 Å². The number of hydrogen-bond acceptors (Lipinski definition) is 3. The van der Waals surface area contributed by atoms with E-state index in [9.17, 15) is 4.79 Å². The minimum atomic E-state index is 0.132. The van der Waals surface area contributed by atoms with Crippen molar-refractivity contribution in [2.45, 2.75) is 25.8 Å². The average Bonchev–Trinajstić information content (AvgIpc) is 3.22. The molecule has 132 valence electrons. The van der Waals surface area contributed by atoms with E-state index in [4.69, 9.17) is 0 Å². The third-order valence-corrected chi connectivity index (χ3v) is 5.81. The molecule has 1 atom stereocenters. The Labute approximate surface area is 149 Å². The number of aryl methyl sites for hydroxylation is 1. The fourth-order valence-corrected chi connectivity index (χ4v) is 4.44. The average molecular weight is 338 g/mol. The van der Waals surface area contributed by atoms with E-state index >= 15 is 0 Å². The number of carbonyl (C=O) groups excluding carboxylic acids is 1. The van der Waals surface area contributed by atoms with Crippen LogP contribution in [0.3, 0.4) is 0 Å². The van der Waals surface area contributed by atoms with E-state index in [1.807, 2.05) is 17.0 Å². The molecule has 0 aromatic carbocycles. The van der Waals surface area contributed by atoms with Gasteiger partial charge in [-0.3, -0.25) is 14.7 Å². The van der Waals surface area contributed by atoms with E-state index in [0.717, 1.165) is 39.1 Å². The van der Waals surface area contributed by atoms with Crippen LogP contribution in [0.25, 0.3) is 0 Å². The van der Waals surface area contributed by atoms with Crippen LogP contribution in [0.1, 0.15) is 35.3 Å². The molecule has 2 aromatic rings. The fraction of sp³-hybridized carbons (Fsp3) is 0.500. The van der Waals surface area contributed by atoms with Crippen molar-refractivity contribution in [1.82, 2.24) is 19.4 Å². The molecular weight excluding hydrogens is 312 g/mol. The zero-order valence-corrected chi connectivity index (χ0v) is 14.9. The Bertz CT molecular complexity index is 741. The largest absolute Gasteiger partial charge is 0.353 e. The van der Waals surface area contributed by atoms with Crippen LogP contribution in [0.2, 0.25) is 0 Å². The van der Waals surface area contributed by atoms with Crippen molar-refractivity contribution in [2.24, 2.45) is 12.5 Å². The summed E-state index contributed by atoms with van der Waals surface area (Å²) in [6.07, 6.45) is 9.02. The molecule has 2 fully saturated rings. The normalized spacial score (nSPS) is 24.1. The summed E-state index contributed by atoms with van der Waals surface area (Å²) in [6.45, 7) is 4.97. The fourth-order valence-electron chi connectivity index (χ4n) is 4.44. The van der Waals surface area contributed by atoms with Crippen LogP contribution in [0.5, 0.6) is 0 Å². The predicted octanol–water partition coefficient (Wildman–Crippen LogP) is 2.55. The van der Waals surface area contributed by atoms with Gasteiger partial charge in [0, 0.05) is 62.9 Å². The molecule has 25 heavy (non-hydrogen) atoms. The molecule has 1 amide bonds. The molecule has 2 aliphatic rings. The maximum absolute atomic E-state index is 12.8. The number of hydrogen-bond donors (Lipinski definition) is 0. The zero-order valence-electron chi connectivity index (χ0n) is 14.9. The molecule has 1 spiro atoms. The van der Waals surface area contributed by atoms with Gasteiger partial charge in [0.15, 0.2) is 0 Å². The maximum atomic E-state index is 12.8. The number of aromatic nitrogens is 2. The maximum Gasteiger partial charge on any atom is 0.255 e. The molecule has 0 bridgehead atoms. The molecule has 5 nitrogen and oxygen atoms in total. The number of amides is 1. The monoisotopic (exact) mass is 338 g/mol. The van der Waals surface area contributed by atoms with Crippen molar-refractivity contribution < 1.29 is 4.79 Å². The molecule has 0 saturated carbocycles. The van der Waals surface area contributed by atoms with E-state index < -0.39 is 0 Å². The van der Waals surface area contributed by atoms with Crippen LogP contribution < -0.4 is 0 Å². The van der Waals surface area contributed by atoms with Gasteiger partial charge >= 0.3 is 0 Å². The molecule has 2 aromatic heterocycles. The first kappa shape index (κ1) is 16.3. The van der Waals surface area contributed by atoms with Gasteiger partial charge in [0.1, 0.15) is 0 Å². The summed E-state index contributed by atoms with van der Waals surface area (Å²) in [5, 5.41) is 0. The van der Waals surface area contributed by atoms with E-state index in [-0.39, 0.29) is 11.3 Å². The van der Waals surface area contributed by atoms with Gasteiger partial charge < -0.3 is 9.47 Å². The summed E-state index contributed by atoms with van der Waals surface area (Å²) in [7, 11) is 2.11. The van der Waals surface area contributed by atoms with Gasteiger partial charge in [-0.2, -0.15) is 0 Å². The highest BCUT2D eigenvalue weighted by atomic mass is 16.2. The zero-order chi connectivity index (χ0) is 17.3. The highest BCUT2D eigenvalue weighted by Crippen LogP contribution is 2.39. The highest BCUT2D eigenvalue weighted by Gasteiger charge is 2.42. The van der Waals surface area contributed by atoms with Crippen molar-refractivity contribution in [3.05, 3.63) is 54.1 Å². The molecule has 0 N–H and O–H groups in total. The van der Waals surface area contributed by atoms with Crippen LogP contribution in [-0.4, -0.2) is 51.4 Å². The number of pyridine rings is 1. The Morgan fingerprint density at radius 2 is 2.12 bits per heavy atom. The Morgan fingerprint density at radius 3 is 2.88 bits per heavy atom. The Hall–Kier alpha value is -2.14. The lowest BCUT2D eigenvalue weighted by Gasteiger charge is -2.40. The molecule has 0 radical (unpaired) electrons. The van der Waals surface area contributed by atoms with Crippen molar-refractivity contribution in [3.8, 4) is 0 Å². The van der Waals surface area contributed by atoms with Crippen LogP contribution in [0.15, 0.2) is 42.9 Å². The van der Waals surface area contributed by atoms with Gasteiger partial charge in [-0.25, -0.2) is 0 Å². The second kappa shape index (κ2) is 6.64. The standard InChI is InChI=1S/C20H26N4O/c1-22-10-3-6-18(22)14-23-12-8-20(15-23)7-4-11-24(16-20)19(25)17-5-2-9-21-13-17/h2-3,5-6,9-10,13H,4,7-8,11-12,14-16H2,1H3/t20-/m1/s1. The second-order valence-corrected chi connectivity index (χ2v) is 7.64. The predicted molar refractivity (Wildman–Crippen MR) is 97.1 cm³/mol. The summed E-state index contributed by atoms with van der Waals surface area (Å²) < 4.78 is 2.20. The third kappa shape index (κ3) is 3.33. The van der Waals surface area contributed by atoms with Gasteiger partial charge in [0.05, 0.1) is 5.56 Å². The molecular formula is C20H26N4O. The van der Waals surface area contributed by atoms with Crippen molar-refractivity contribution in [2.75, 3.05) is 26.2 Å². The smallest absolute Gasteiger partial charge is 0.255 e. The summed E-state index contributed by atoms with van der Waals surface area (Å²) in [5.41, 5.74) is 2.33. The van der Waals surface area contributed by atoms with Gasteiger partial charge in [0.2, 0.25) is 0 Å². The van der Waals surface area contributed by atoms with Crippen LogP contribution in [0.4, 0.5) is 0 Å². The number of carbonyl (C=O) groups is 1. The molecule has 2 saturated heterocycles. The second-order valence-electron chi connectivity index (χ2n) is 7.64. The van der Waals surface area contributed by atoms with Crippen LogP contribution >= 0.6 is 0 Å². The van der Waals surface area contributed by atoms with E-state index in [0.29, 0.717) is 5.56 Å². The van der Waals surface area contributed by atoms with E-state index in [1.165, 1.54) is 18.5 Å². The minimum absolute atomic E-state index is 0.132. The van der Waals surface area contributed by atoms with Gasteiger partial charge in [-0.1, -0.05) is 0 Å². The molecule has 0 unspecified atom stereocenters. The van der Waals surface area contributed by atoms with Crippen molar-refractivity contribution >= 4 is 5.91 Å². The minimum Gasteiger partial charge on any atom is -0.353 e. The lowest BCUT2D eigenvalue weighted by atomic mass is 9.79. The molecule has 2 aliphatic heterocycles. The molecule has 5 heteroatoms. The van der Waals surface area contributed by atoms with E-state index in [2.05, 4.69) is 39.8 Å². The first-order valence-corrected chi connectivity index (χ1v) is 9.17. The molecule has 4 rings (SSSR count). The van der Waals surface area contributed by atoms with Gasteiger partial charge in [0.25, 0.3) is 5.91 Å². The molecule has 0 aliphatic carbocycles. The first-order chi connectivity index (χ1) is 12.2. The number of rotatable bonds is 3. The van der Waals surface area contributed by atoms with Gasteiger partial charge in [-0.15, -0.1) is 0 Å². The summed E-state index contributed by atoms with van der Waals surface area (Å²) in [6, 6.07) is 8.01. The number of piperidine rings is 1. The topological polar surface area (TPSA) is 41.4 Å². The Kier molecular flexibility index (Phi) is 4.34. The van der Waals surface area contributed by atoms with Crippen LogP contribution in [0, 0.1) is 5.41 Å². The summed E-state index contributed by atoms with van der Waals surface area (Å²) >= 11 is 0. The third-order valence-electron chi connectivity index (χ3n) is 5.81. The van der Waals surface area contributed by atoms with Gasteiger partial charge in [-0.05, 0) is 50.1 Å². The highest BCUT2D eigenvalue weighted by molar-refractivity contribution is 5.94. The molecule has 4 heterocycles. The Balaban J connectivity index is 1.42. The van der Waals surface area contributed by atoms with E-state index in [1.54, 1.807) is 12.4 Å². The first-order valence-electron chi connectivity index (χ1n) is 9.17. The van der Waals surface area contributed by atoms with Crippen LogP contribution in [-0.2, 0) is 13.6 Å². The summed E-state index contributed by atoms with van der Waals surface area (Å²) in [5.74, 6) is 0.132.